The number of anilines is 1. The Morgan fingerprint density at radius 1 is 1.39 bits per heavy atom. The molecule has 0 aliphatic rings. The number of halogens is 1. The number of rotatable bonds is 4. The molecule has 3 nitrogen and oxygen atoms in total. The summed E-state index contributed by atoms with van der Waals surface area (Å²) in [7, 11) is 1.57. The molecule has 0 radical (unpaired) electrons. The highest BCUT2D eigenvalue weighted by atomic mass is 32.2. The Morgan fingerprint density at radius 2 is 2.22 bits per heavy atom. The molecule has 2 aromatic rings. The summed E-state index contributed by atoms with van der Waals surface area (Å²) in [5.74, 6) is 0.862. The van der Waals surface area contributed by atoms with E-state index in [2.05, 4.69) is 4.98 Å². The third kappa shape index (κ3) is 2.92. The van der Waals surface area contributed by atoms with Crippen molar-refractivity contribution in [2.45, 2.75) is 10.6 Å². The first kappa shape index (κ1) is 12.7. The quantitative estimate of drug-likeness (QED) is 0.681. The summed E-state index contributed by atoms with van der Waals surface area (Å²) in [5, 5.41) is 0. The Labute approximate surface area is 109 Å². The summed E-state index contributed by atoms with van der Waals surface area (Å²) < 4.78 is 18.7. The molecule has 18 heavy (non-hydrogen) atoms. The van der Waals surface area contributed by atoms with Crippen LogP contribution >= 0.6 is 11.8 Å². The number of nitrogens with zero attached hydrogens (tertiary/aromatic N) is 1. The van der Waals surface area contributed by atoms with E-state index in [-0.39, 0.29) is 5.82 Å². The van der Waals surface area contributed by atoms with Gasteiger partial charge in [0.05, 0.1) is 7.11 Å². The number of aromatic nitrogens is 1. The minimum absolute atomic E-state index is 0.303. The van der Waals surface area contributed by atoms with Crippen LogP contribution in [0.2, 0.25) is 0 Å². The highest BCUT2D eigenvalue weighted by molar-refractivity contribution is 7.98. The highest BCUT2D eigenvalue weighted by Crippen LogP contribution is 2.29. The van der Waals surface area contributed by atoms with Gasteiger partial charge in [-0.15, -0.1) is 11.8 Å². The molecule has 0 saturated carbocycles. The van der Waals surface area contributed by atoms with E-state index in [0.29, 0.717) is 22.2 Å². The smallest absolute Gasteiger partial charge is 0.217 e. The molecule has 1 aromatic heterocycles. The number of thioether (sulfide) groups is 1. The Hall–Kier alpha value is -1.75. The van der Waals surface area contributed by atoms with Crippen molar-refractivity contribution in [3.8, 4) is 5.88 Å². The summed E-state index contributed by atoms with van der Waals surface area (Å²) in [6.07, 6.45) is 1.66. The minimum atomic E-state index is -0.303. The number of nitrogen functional groups attached to an aromatic ring is 1. The lowest BCUT2D eigenvalue weighted by Crippen LogP contribution is -1.93. The maximum atomic E-state index is 13.6. The number of methoxy groups -OCH3 is 1. The van der Waals surface area contributed by atoms with Crippen molar-refractivity contribution < 1.29 is 9.13 Å². The third-order valence-electron chi connectivity index (χ3n) is 2.38. The van der Waals surface area contributed by atoms with E-state index in [9.17, 15) is 4.39 Å². The average Bonchev–Trinajstić information content (AvgIpc) is 2.38. The van der Waals surface area contributed by atoms with Crippen molar-refractivity contribution in [2.75, 3.05) is 12.8 Å². The molecule has 0 fully saturated rings. The number of hydrogen-bond donors (Lipinski definition) is 1. The molecule has 0 spiro atoms. The zero-order chi connectivity index (χ0) is 13.0. The second kappa shape index (κ2) is 5.73. The Morgan fingerprint density at radius 3 is 2.94 bits per heavy atom. The lowest BCUT2D eigenvalue weighted by molar-refractivity contribution is 0.394. The van der Waals surface area contributed by atoms with Crippen LogP contribution in [0.3, 0.4) is 0 Å². The van der Waals surface area contributed by atoms with Gasteiger partial charge in [-0.3, -0.25) is 0 Å². The summed E-state index contributed by atoms with van der Waals surface area (Å²) >= 11 is 1.39. The SMILES string of the molecule is COc1ncccc1CSc1ccc(N)cc1F. The zero-order valence-corrected chi connectivity index (χ0v) is 10.7. The van der Waals surface area contributed by atoms with Gasteiger partial charge in [0.25, 0.3) is 0 Å². The van der Waals surface area contributed by atoms with Crippen LogP contribution in [-0.2, 0) is 5.75 Å². The lowest BCUT2D eigenvalue weighted by Gasteiger charge is -2.07. The molecule has 0 saturated heterocycles. The normalized spacial score (nSPS) is 10.3. The first-order valence-electron chi connectivity index (χ1n) is 5.36. The van der Waals surface area contributed by atoms with Crippen molar-refractivity contribution >= 4 is 17.4 Å². The van der Waals surface area contributed by atoms with Crippen molar-refractivity contribution in [1.29, 1.82) is 0 Å². The van der Waals surface area contributed by atoms with Crippen LogP contribution in [0.4, 0.5) is 10.1 Å². The van der Waals surface area contributed by atoms with Crippen LogP contribution in [0.25, 0.3) is 0 Å². The van der Waals surface area contributed by atoms with Crippen LogP contribution < -0.4 is 10.5 Å². The fourth-order valence-electron chi connectivity index (χ4n) is 1.51. The number of pyridine rings is 1. The van der Waals surface area contributed by atoms with Gasteiger partial charge in [-0.05, 0) is 24.3 Å². The van der Waals surface area contributed by atoms with E-state index in [1.54, 1.807) is 25.4 Å². The van der Waals surface area contributed by atoms with Gasteiger partial charge in [0.2, 0.25) is 5.88 Å². The molecule has 0 amide bonds. The molecule has 2 rings (SSSR count). The van der Waals surface area contributed by atoms with Crippen molar-refractivity contribution in [1.82, 2.24) is 4.98 Å². The molecule has 0 aliphatic heterocycles. The minimum Gasteiger partial charge on any atom is -0.481 e. The molecular weight excluding hydrogens is 251 g/mol. The molecule has 0 bridgehead atoms. The maximum absolute atomic E-state index is 13.6. The molecule has 1 heterocycles. The summed E-state index contributed by atoms with van der Waals surface area (Å²) in [4.78, 5) is 4.66. The largest absolute Gasteiger partial charge is 0.481 e. The first-order valence-corrected chi connectivity index (χ1v) is 6.35. The third-order valence-corrected chi connectivity index (χ3v) is 3.48. The first-order chi connectivity index (χ1) is 8.70. The highest BCUT2D eigenvalue weighted by Gasteiger charge is 2.07. The number of hydrogen-bond acceptors (Lipinski definition) is 4. The van der Waals surface area contributed by atoms with E-state index in [1.165, 1.54) is 17.8 Å². The van der Waals surface area contributed by atoms with Gasteiger partial charge in [-0.1, -0.05) is 6.07 Å². The topological polar surface area (TPSA) is 48.1 Å². The van der Waals surface area contributed by atoms with Crippen molar-refractivity contribution in [3.63, 3.8) is 0 Å². The molecule has 1 aromatic carbocycles. The van der Waals surface area contributed by atoms with Gasteiger partial charge < -0.3 is 10.5 Å². The van der Waals surface area contributed by atoms with Gasteiger partial charge in [0.15, 0.2) is 0 Å². The summed E-state index contributed by atoms with van der Waals surface area (Å²) in [6, 6.07) is 8.43. The monoisotopic (exact) mass is 264 g/mol. The number of ether oxygens (including phenoxy) is 1. The van der Waals surface area contributed by atoms with E-state index < -0.39 is 0 Å². The van der Waals surface area contributed by atoms with Crippen LogP contribution in [0, 0.1) is 5.82 Å². The Balaban J connectivity index is 2.11. The van der Waals surface area contributed by atoms with E-state index >= 15 is 0 Å². The van der Waals surface area contributed by atoms with Crippen molar-refractivity contribution in [3.05, 3.63) is 47.9 Å². The van der Waals surface area contributed by atoms with Gasteiger partial charge in [-0.2, -0.15) is 0 Å². The second-order valence-electron chi connectivity index (χ2n) is 3.65. The van der Waals surface area contributed by atoms with E-state index in [4.69, 9.17) is 10.5 Å². The average molecular weight is 264 g/mol. The van der Waals surface area contributed by atoms with E-state index in [0.717, 1.165) is 5.56 Å². The van der Waals surface area contributed by atoms with E-state index in [1.807, 2.05) is 12.1 Å². The van der Waals surface area contributed by atoms with Crippen LogP contribution in [-0.4, -0.2) is 12.1 Å². The molecule has 5 heteroatoms. The Bertz CT molecular complexity index is 548. The van der Waals surface area contributed by atoms with Gasteiger partial charge in [0, 0.05) is 28.1 Å². The zero-order valence-electron chi connectivity index (χ0n) is 9.89. The maximum Gasteiger partial charge on any atom is 0.217 e. The summed E-state index contributed by atoms with van der Waals surface area (Å²) in [6.45, 7) is 0. The fourth-order valence-corrected chi connectivity index (χ4v) is 2.40. The van der Waals surface area contributed by atoms with Gasteiger partial charge in [-0.25, -0.2) is 9.37 Å². The fraction of sp³-hybridized carbons (Fsp3) is 0.154. The predicted octanol–water partition coefficient (Wildman–Crippen LogP) is 3.10. The number of nitrogens with two attached hydrogens (primary N) is 1. The molecule has 2 N–H and O–H groups in total. The van der Waals surface area contributed by atoms with Crippen LogP contribution in [0.1, 0.15) is 5.56 Å². The molecule has 94 valence electrons. The lowest BCUT2D eigenvalue weighted by atomic mass is 10.3. The number of benzene rings is 1. The summed E-state index contributed by atoms with van der Waals surface area (Å²) in [5.41, 5.74) is 6.86. The molecule has 0 unspecified atom stereocenters. The Kier molecular flexibility index (Phi) is 4.04. The molecule has 0 aliphatic carbocycles. The van der Waals surface area contributed by atoms with Crippen molar-refractivity contribution in [2.24, 2.45) is 0 Å². The van der Waals surface area contributed by atoms with Gasteiger partial charge in [0.1, 0.15) is 5.82 Å². The van der Waals surface area contributed by atoms with Gasteiger partial charge >= 0.3 is 0 Å². The predicted molar refractivity (Wildman–Crippen MR) is 71.2 cm³/mol. The van der Waals surface area contributed by atoms with Crippen LogP contribution in [0.5, 0.6) is 5.88 Å². The second-order valence-corrected chi connectivity index (χ2v) is 4.67. The molecular formula is C13H13FN2OS. The van der Waals surface area contributed by atoms with Crippen LogP contribution in [0.15, 0.2) is 41.4 Å². The molecule has 0 atom stereocenters. The standard InChI is InChI=1S/C13H13FN2OS/c1-17-13-9(3-2-6-16-13)8-18-12-5-4-10(15)7-11(12)14/h2-7H,8,15H2,1H3.